The smallest absolute Gasteiger partial charge is 0.336 e. The number of halogens is 1. The summed E-state index contributed by atoms with van der Waals surface area (Å²) in [5.74, 6) is 1.69. The van der Waals surface area contributed by atoms with E-state index in [0.717, 1.165) is 11.1 Å². The van der Waals surface area contributed by atoms with E-state index in [1.165, 1.54) is 27.4 Å². The van der Waals surface area contributed by atoms with Crippen molar-refractivity contribution in [3.63, 3.8) is 0 Å². The molecule has 0 saturated carbocycles. The summed E-state index contributed by atoms with van der Waals surface area (Å²) in [5.41, 5.74) is 2.44. The normalized spacial score (nSPS) is 11.0. The number of benzene rings is 2. The predicted molar refractivity (Wildman–Crippen MR) is 111 cm³/mol. The maximum absolute atomic E-state index is 12.4. The predicted octanol–water partition coefficient (Wildman–Crippen LogP) is 5.42. The molecule has 0 aliphatic rings. The Hall–Kier alpha value is -2.66. The quantitative estimate of drug-likeness (QED) is 0.350. The van der Waals surface area contributed by atoms with Gasteiger partial charge in [-0.05, 0) is 59.9 Å². The van der Waals surface area contributed by atoms with E-state index in [0.29, 0.717) is 33.6 Å². The second-order valence-electron chi connectivity index (χ2n) is 6.51. The Balaban J connectivity index is 2.27. The molecule has 0 aliphatic heterocycles. The Morgan fingerprint density at radius 1 is 0.964 bits per heavy atom. The van der Waals surface area contributed by atoms with Gasteiger partial charge in [-0.2, -0.15) is 0 Å². The summed E-state index contributed by atoms with van der Waals surface area (Å²) in [7, 11) is 4.61. The average molecular weight is 405 g/mol. The van der Waals surface area contributed by atoms with E-state index in [1.807, 2.05) is 26.8 Å². The van der Waals surface area contributed by atoms with Crippen molar-refractivity contribution in [3.05, 3.63) is 52.1 Å². The molecule has 2 aromatic rings. The Morgan fingerprint density at radius 3 is 2.07 bits per heavy atom. The van der Waals surface area contributed by atoms with E-state index in [-0.39, 0.29) is 5.92 Å². The van der Waals surface area contributed by atoms with Gasteiger partial charge in [-0.15, -0.1) is 0 Å². The number of carbonyl (C=O) groups excluding carboxylic acids is 1. The molecule has 0 aliphatic carbocycles. The van der Waals surface area contributed by atoms with Gasteiger partial charge in [-0.1, -0.05) is 25.4 Å². The minimum Gasteiger partial charge on any atom is -0.493 e. The number of carbonyl (C=O) groups is 1. The molecular formula is C22H25ClO5. The van der Waals surface area contributed by atoms with Crippen LogP contribution in [0.15, 0.2) is 30.3 Å². The molecule has 6 heteroatoms. The van der Waals surface area contributed by atoms with Crippen molar-refractivity contribution in [2.75, 3.05) is 21.3 Å². The van der Waals surface area contributed by atoms with Crippen LogP contribution in [0.2, 0.25) is 5.02 Å². The van der Waals surface area contributed by atoms with Gasteiger partial charge in [-0.25, -0.2) is 4.79 Å². The maximum Gasteiger partial charge on any atom is 0.336 e. The van der Waals surface area contributed by atoms with Gasteiger partial charge in [0.05, 0.1) is 21.3 Å². The highest BCUT2D eigenvalue weighted by Gasteiger charge is 2.14. The van der Waals surface area contributed by atoms with Crippen molar-refractivity contribution < 1.29 is 23.7 Å². The zero-order valence-electron chi connectivity index (χ0n) is 17.0. The summed E-state index contributed by atoms with van der Waals surface area (Å²) in [6.07, 6.45) is 2.99. The van der Waals surface area contributed by atoms with Gasteiger partial charge < -0.3 is 18.9 Å². The van der Waals surface area contributed by atoms with Crippen LogP contribution in [0.5, 0.6) is 23.0 Å². The molecule has 0 amide bonds. The minimum atomic E-state index is -0.489. The lowest BCUT2D eigenvalue weighted by Crippen LogP contribution is -2.07. The highest BCUT2D eigenvalue weighted by atomic mass is 35.5. The molecule has 0 spiro atoms. The molecule has 0 N–H and O–H groups in total. The van der Waals surface area contributed by atoms with Gasteiger partial charge in [0, 0.05) is 11.1 Å². The van der Waals surface area contributed by atoms with Gasteiger partial charge in [0.1, 0.15) is 5.75 Å². The lowest BCUT2D eigenvalue weighted by Gasteiger charge is -2.14. The van der Waals surface area contributed by atoms with Crippen molar-refractivity contribution in [3.8, 4) is 23.0 Å². The second kappa shape index (κ2) is 9.51. The first-order valence-electron chi connectivity index (χ1n) is 8.80. The molecule has 0 radical (unpaired) electrons. The summed E-state index contributed by atoms with van der Waals surface area (Å²) in [5, 5.41) is 0.650. The van der Waals surface area contributed by atoms with E-state index in [9.17, 15) is 4.79 Å². The number of ether oxygens (including phenoxy) is 4. The summed E-state index contributed by atoms with van der Waals surface area (Å²) in [6, 6.07) is 7.12. The van der Waals surface area contributed by atoms with Crippen LogP contribution >= 0.6 is 11.6 Å². The molecule has 0 heterocycles. The molecule has 0 atom stereocenters. The van der Waals surface area contributed by atoms with Crippen molar-refractivity contribution >= 4 is 23.6 Å². The molecule has 28 heavy (non-hydrogen) atoms. The molecule has 0 bridgehead atoms. The highest BCUT2D eigenvalue weighted by molar-refractivity contribution is 6.31. The summed E-state index contributed by atoms with van der Waals surface area (Å²) >= 11 is 6.20. The van der Waals surface area contributed by atoms with Crippen molar-refractivity contribution in [2.24, 2.45) is 0 Å². The third-order valence-electron chi connectivity index (χ3n) is 4.22. The monoisotopic (exact) mass is 404 g/mol. The maximum atomic E-state index is 12.4. The van der Waals surface area contributed by atoms with Gasteiger partial charge in [0.2, 0.25) is 5.75 Å². The molecule has 2 aromatic carbocycles. The third kappa shape index (κ3) is 4.98. The SMILES string of the molecule is COc1cc(C=CC(=O)Oc2cc(C)c(Cl)cc2C(C)C)cc(OC)c1OC. The topological polar surface area (TPSA) is 54.0 Å². The summed E-state index contributed by atoms with van der Waals surface area (Å²) in [6.45, 7) is 5.91. The Labute approximate surface area is 170 Å². The first kappa shape index (κ1) is 21.6. The van der Waals surface area contributed by atoms with Gasteiger partial charge in [-0.3, -0.25) is 0 Å². The van der Waals surface area contributed by atoms with Gasteiger partial charge in [0.15, 0.2) is 11.5 Å². The van der Waals surface area contributed by atoms with Crippen molar-refractivity contribution in [1.82, 2.24) is 0 Å². The van der Waals surface area contributed by atoms with Crippen LogP contribution in [-0.4, -0.2) is 27.3 Å². The van der Waals surface area contributed by atoms with Crippen molar-refractivity contribution in [1.29, 1.82) is 0 Å². The van der Waals surface area contributed by atoms with E-state index in [4.69, 9.17) is 30.5 Å². The number of rotatable bonds is 7. The number of esters is 1. The fourth-order valence-electron chi connectivity index (χ4n) is 2.71. The van der Waals surface area contributed by atoms with E-state index in [1.54, 1.807) is 24.3 Å². The van der Waals surface area contributed by atoms with Crippen LogP contribution in [0, 0.1) is 6.92 Å². The lowest BCUT2D eigenvalue weighted by atomic mass is 10.0. The van der Waals surface area contributed by atoms with Crippen LogP contribution in [0.4, 0.5) is 0 Å². The molecule has 0 fully saturated rings. The first-order valence-corrected chi connectivity index (χ1v) is 9.18. The van der Waals surface area contributed by atoms with Crippen molar-refractivity contribution in [2.45, 2.75) is 26.7 Å². The Bertz CT molecular complexity index is 862. The fourth-order valence-corrected chi connectivity index (χ4v) is 2.89. The number of hydrogen-bond acceptors (Lipinski definition) is 5. The van der Waals surface area contributed by atoms with Crippen LogP contribution in [0.3, 0.4) is 0 Å². The second-order valence-corrected chi connectivity index (χ2v) is 6.91. The van der Waals surface area contributed by atoms with Gasteiger partial charge >= 0.3 is 5.97 Å². The van der Waals surface area contributed by atoms with Crippen LogP contribution < -0.4 is 18.9 Å². The third-order valence-corrected chi connectivity index (χ3v) is 4.63. The van der Waals surface area contributed by atoms with Crippen LogP contribution in [-0.2, 0) is 4.79 Å². The molecule has 2 rings (SSSR count). The Kier molecular flexibility index (Phi) is 7.35. The zero-order chi connectivity index (χ0) is 20.8. The largest absolute Gasteiger partial charge is 0.493 e. The standard InChI is InChI=1S/C22H25ClO5/c1-13(2)16-12-17(23)14(3)9-18(16)28-21(24)8-7-15-10-19(25-4)22(27-6)20(11-15)26-5/h7-13H,1-6H3. The van der Waals surface area contributed by atoms with Crippen LogP contribution in [0.25, 0.3) is 6.08 Å². The average Bonchev–Trinajstić information content (AvgIpc) is 2.67. The molecule has 0 saturated heterocycles. The molecule has 5 nitrogen and oxygen atoms in total. The molecule has 0 unspecified atom stereocenters. The van der Waals surface area contributed by atoms with E-state index in [2.05, 4.69) is 0 Å². The molecule has 0 aromatic heterocycles. The number of hydrogen-bond donors (Lipinski definition) is 0. The Morgan fingerprint density at radius 2 is 1.57 bits per heavy atom. The first-order chi connectivity index (χ1) is 13.3. The molecular weight excluding hydrogens is 380 g/mol. The van der Waals surface area contributed by atoms with Gasteiger partial charge in [0.25, 0.3) is 0 Å². The van der Waals surface area contributed by atoms with Crippen LogP contribution in [0.1, 0.15) is 36.5 Å². The fraction of sp³-hybridized carbons (Fsp3) is 0.318. The number of methoxy groups -OCH3 is 3. The minimum absolute atomic E-state index is 0.167. The summed E-state index contributed by atoms with van der Waals surface area (Å²) in [4.78, 5) is 12.4. The lowest BCUT2D eigenvalue weighted by molar-refractivity contribution is -0.128. The zero-order valence-corrected chi connectivity index (χ0v) is 17.7. The van der Waals surface area contributed by atoms with E-state index >= 15 is 0 Å². The summed E-state index contributed by atoms with van der Waals surface area (Å²) < 4.78 is 21.5. The number of aryl methyl sites for hydroxylation is 1. The molecule has 150 valence electrons. The highest BCUT2D eigenvalue weighted by Crippen LogP contribution is 2.38. The van der Waals surface area contributed by atoms with E-state index < -0.39 is 5.97 Å².